The van der Waals surface area contributed by atoms with E-state index in [1.54, 1.807) is 25.2 Å². The monoisotopic (exact) mass is 509 g/mol. The van der Waals surface area contributed by atoms with Gasteiger partial charge in [0.1, 0.15) is 0 Å². The molecule has 0 fully saturated rings. The number of hydrogen-bond acceptors (Lipinski definition) is 2. The fourth-order valence-electron chi connectivity index (χ4n) is 2.14. The molecule has 1 heterocycles. The highest BCUT2D eigenvalue weighted by Gasteiger charge is 2.07. The molecule has 0 bridgehead atoms. The number of aromatic nitrogens is 1. The standard InChI is InChI=1S/C17H21Cl2N5O.HI/c1-20-17(23-8-11-24-9-2-3-10-24)22-7-6-21-16(25)13-4-5-14(18)15(19)12-13;/h2-5,9-10,12H,6-8,11H2,1H3,(H,21,25)(H2,20,22,23);1H. The summed E-state index contributed by atoms with van der Waals surface area (Å²) < 4.78 is 2.08. The zero-order valence-corrected chi connectivity index (χ0v) is 18.2. The molecule has 0 aliphatic carbocycles. The Kier molecular flexibility index (Phi) is 10.5. The summed E-state index contributed by atoms with van der Waals surface area (Å²) in [5, 5.41) is 9.96. The van der Waals surface area contributed by atoms with Crippen molar-refractivity contribution in [2.24, 2.45) is 4.99 Å². The molecule has 26 heavy (non-hydrogen) atoms. The van der Waals surface area contributed by atoms with Crippen LogP contribution < -0.4 is 16.0 Å². The van der Waals surface area contributed by atoms with Crippen LogP contribution in [0.4, 0.5) is 0 Å². The number of amides is 1. The van der Waals surface area contributed by atoms with Crippen molar-refractivity contribution in [3.05, 3.63) is 58.3 Å². The zero-order valence-electron chi connectivity index (χ0n) is 14.3. The van der Waals surface area contributed by atoms with Gasteiger partial charge in [0, 0.05) is 51.2 Å². The number of benzene rings is 1. The Labute approximate surface area is 180 Å². The van der Waals surface area contributed by atoms with Gasteiger partial charge in [-0.1, -0.05) is 23.2 Å². The first-order valence-corrected chi connectivity index (χ1v) is 8.64. The van der Waals surface area contributed by atoms with Gasteiger partial charge in [-0.05, 0) is 30.3 Å². The number of aliphatic imine (C=N–C) groups is 1. The summed E-state index contributed by atoms with van der Waals surface area (Å²) >= 11 is 11.8. The van der Waals surface area contributed by atoms with Gasteiger partial charge in [-0.25, -0.2) is 0 Å². The first kappa shape index (κ1) is 22.6. The molecule has 6 nitrogen and oxygen atoms in total. The van der Waals surface area contributed by atoms with Crippen molar-refractivity contribution >= 4 is 59.0 Å². The maximum atomic E-state index is 12.0. The van der Waals surface area contributed by atoms with Crippen LogP contribution >= 0.6 is 47.2 Å². The Morgan fingerprint density at radius 1 is 1.04 bits per heavy atom. The Morgan fingerprint density at radius 2 is 1.69 bits per heavy atom. The molecule has 0 saturated carbocycles. The number of rotatable bonds is 7. The van der Waals surface area contributed by atoms with Crippen LogP contribution in [0.3, 0.4) is 0 Å². The van der Waals surface area contributed by atoms with Gasteiger partial charge in [0.25, 0.3) is 5.91 Å². The van der Waals surface area contributed by atoms with Crippen molar-refractivity contribution < 1.29 is 4.79 Å². The molecule has 0 radical (unpaired) electrons. The van der Waals surface area contributed by atoms with Gasteiger partial charge in [0.05, 0.1) is 10.0 Å². The third-order valence-electron chi connectivity index (χ3n) is 3.44. The van der Waals surface area contributed by atoms with Gasteiger partial charge >= 0.3 is 0 Å². The highest BCUT2D eigenvalue weighted by Crippen LogP contribution is 2.22. The third-order valence-corrected chi connectivity index (χ3v) is 4.18. The van der Waals surface area contributed by atoms with Gasteiger partial charge in [-0.3, -0.25) is 9.79 Å². The van der Waals surface area contributed by atoms with Crippen molar-refractivity contribution in [1.82, 2.24) is 20.5 Å². The van der Waals surface area contributed by atoms with Crippen LogP contribution in [-0.2, 0) is 6.54 Å². The molecule has 0 atom stereocenters. The molecule has 9 heteroatoms. The van der Waals surface area contributed by atoms with Crippen LogP contribution in [-0.4, -0.2) is 43.1 Å². The van der Waals surface area contributed by atoms with Gasteiger partial charge in [0.15, 0.2) is 5.96 Å². The topological polar surface area (TPSA) is 70.4 Å². The van der Waals surface area contributed by atoms with Crippen molar-refractivity contribution in [1.29, 1.82) is 0 Å². The molecule has 1 aromatic heterocycles. The summed E-state index contributed by atoms with van der Waals surface area (Å²) in [5.41, 5.74) is 0.476. The number of guanidine groups is 1. The molecular weight excluding hydrogens is 488 g/mol. The number of nitrogens with zero attached hydrogens (tertiary/aromatic N) is 2. The largest absolute Gasteiger partial charge is 0.355 e. The van der Waals surface area contributed by atoms with Gasteiger partial charge in [-0.15, -0.1) is 24.0 Å². The molecule has 0 aliphatic heterocycles. The summed E-state index contributed by atoms with van der Waals surface area (Å²) in [6.07, 6.45) is 4.02. The molecule has 1 amide bonds. The highest BCUT2D eigenvalue weighted by atomic mass is 127. The Morgan fingerprint density at radius 3 is 2.35 bits per heavy atom. The molecule has 2 aromatic rings. The van der Waals surface area contributed by atoms with E-state index in [1.165, 1.54) is 0 Å². The molecule has 1 aromatic carbocycles. The minimum absolute atomic E-state index is 0. The lowest BCUT2D eigenvalue weighted by molar-refractivity contribution is 0.0954. The molecule has 0 unspecified atom stereocenters. The summed E-state index contributed by atoms with van der Waals surface area (Å²) in [5.74, 6) is 0.492. The van der Waals surface area contributed by atoms with E-state index in [9.17, 15) is 4.79 Å². The summed E-state index contributed by atoms with van der Waals surface area (Å²) in [7, 11) is 1.71. The first-order valence-electron chi connectivity index (χ1n) is 7.88. The summed E-state index contributed by atoms with van der Waals surface area (Å²) in [6.45, 7) is 2.61. The van der Waals surface area contributed by atoms with Gasteiger partial charge in [0.2, 0.25) is 0 Å². The van der Waals surface area contributed by atoms with Crippen molar-refractivity contribution in [3.63, 3.8) is 0 Å². The van der Waals surface area contributed by atoms with Crippen molar-refractivity contribution in [2.45, 2.75) is 6.54 Å². The zero-order chi connectivity index (χ0) is 18.1. The normalized spacial score (nSPS) is 10.8. The SMILES string of the molecule is CN=C(NCCNC(=O)c1ccc(Cl)c(Cl)c1)NCCn1cccc1.I. The van der Waals surface area contributed by atoms with Crippen LogP contribution in [0.1, 0.15) is 10.4 Å². The van der Waals surface area contributed by atoms with Gasteiger partial charge < -0.3 is 20.5 Å². The lowest BCUT2D eigenvalue weighted by Crippen LogP contribution is -2.42. The fraction of sp³-hybridized carbons (Fsp3) is 0.294. The minimum atomic E-state index is -0.198. The van der Waals surface area contributed by atoms with E-state index in [0.717, 1.165) is 13.1 Å². The molecule has 0 aliphatic rings. The van der Waals surface area contributed by atoms with Gasteiger partial charge in [-0.2, -0.15) is 0 Å². The maximum Gasteiger partial charge on any atom is 0.251 e. The lowest BCUT2D eigenvalue weighted by Gasteiger charge is -2.13. The number of halogens is 3. The number of carbonyl (C=O) groups is 1. The second kappa shape index (κ2) is 12.0. The average Bonchev–Trinajstić information content (AvgIpc) is 3.12. The number of carbonyl (C=O) groups excluding carboxylic acids is 1. The smallest absolute Gasteiger partial charge is 0.251 e. The fourth-order valence-corrected chi connectivity index (χ4v) is 2.44. The quantitative estimate of drug-likeness (QED) is 0.232. The van der Waals surface area contributed by atoms with E-state index >= 15 is 0 Å². The maximum absolute atomic E-state index is 12.0. The molecule has 0 saturated heterocycles. The predicted molar refractivity (Wildman–Crippen MR) is 118 cm³/mol. The molecule has 142 valence electrons. The van der Waals surface area contributed by atoms with Crippen LogP contribution in [0, 0.1) is 0 Å². The summed E-state index contributed by atoms with van der Waals surface area (Å²) in [6, 6.07) is 8.77. The Hall–Kier alpha value is -1.45. The molecule has 2 rings (SSSR count). The van der Waals surface area contributed by atoms with Crippen LogP contribution in [0.15, 0.2) is 47.7 Å². The van der Waals surface area contributed by atoms with Crippen LogP contribution in [0.2, 0.25) is 10.0 Å². The van der Waals surface area contributed by atoms with Crippen LogP contribution in [0.25, 0.3) is 0 Å². The average molecular weight is 510 g/mol. The minimum Gasteiger partial charge on any atom is -0.355 e. The number of hydrogen-bond donors (Lipinski definition) is 3. The second-order valence-electron chi connectivity index (χ2n) is 5.23. The molecular formula is C17H22Cl2IN5O. The lowest BCUT2D eigenvalue weighted by atomic mass is 10.2. The molecule has 0 spiro atoms. The Balaban J connectivity index is 0.00000338. The van der Waals surface area contributed by atoms with E-state index in [1.807, 2.05) is 24.5 Å². The summed E-state index contributed by atoms with van der Waals surface area (Å²) in [4.78, 5) is 16.2. The van der Waals surface area contributed by atoms with E-state index < -0.39 is 0 Å². The Bertz CT molecular complexity index is 722. The molecule has 3 N–H and O–H groups in total. The van der Waals surface area contributed by atoms with Crippen molar-refractivity contribution in [2.75, 3.05) is 26.7 Å². The van der Waals surface area contributed by atoms with E-state index in [2.05, 4.69) is 25.5 Å². The van der Waals surface area contributed by atoms with E-state index in [0.29, 0.717) is 34.7 Å². The third kappa shape index (κ3) is 7.43. The first-order chi connectivity index (χ1) is 12.1. The predicted octanol–water partition coefficient (Wildman–Crippen LogP) is 3.01. The number of nitrogens with one attached hydrogen (secondary N) is 3. The highest BCUT2D eigenvalue weighted by molar-refractivity contribution is 14.0. The van der Waals surface area contributed by atoms with Crippen molar-refractivity contribution in [3.8, 4) is 0 Å². The van der Waals surface area contributed by atoms with E-state index in [-0.39, 0.29) is 29.9 Å². The van der Waals surface area contributed by atoms with Crippen LogP contribution in [0.5, 0.6) is 0 Å². The second-order valence-corrected chi connectivity index (χ2v) is 6.05. The van der Waals surface area contributed by atoms with E-state index in [4.69, 9.17) is 23.2 Å².